The van der Waals surface area contributed by atoms with Crippen LogP contribution >= 0.6 is 0 Å². The van der Waals surface area contributed by atoms with Gasteiger partial charge < -0.3 is 0 Å². The fourth-order valence-electron chi connectivity index (χ4n) is 4.53. The van der Waals surface area contributed by atoms with Gasteiger partial charge in [-0.1, -0.05) is 42.0 Å². The summed E-state index contributed by atoms with van der Waals surface area (Å²) in [6.07, 6.45) is 3.11. The second kappa shape index (κ2) is 6.28. The zero-order chi connectivity index (χ0) is 17.4. The summed E-state index contributed by atoms with van der Waals surface area (Å²) in [6.45, 7) is 5.27. The standard InChI is InChI=1S/C21H24N2O2/c1-15-5-7-16(8-6-15)13-23-10-9-21(14-23)11-17-3-2-4-18(19(17)12-21)20(24)22-25/h2-8,25H,9-14H2,1H3,(H,22,24). The molecule has 1 atom stereocenters. The molecule has 1 aliphatic carbocycles. The Morgan fingerprint density at radius 2 is 2.00 bits per heavy atom. The van der Waals surface area contributed by atoms with Crippen molar-refractivity contribution in [2.75, 3.05) is 13.1 Å². The number of amides is 1. The first-order valence-electron chi connectivity index (χ1n) is 8.92. The number of hydrogen-bond acceptors (Lipinski definition) is 3. The van der Waals surface area contributed by atoms with Crippen LogP contribution in [0.1, 0.15) is 39.0 Å². The van der Waals surface area contributed by atoms with Crippen LogP contribution in [0.25, 0.3) is 0 Å². The van der Waals surface area contributed by atoms with Crippen molar-refractivity contribution in [3.05, 3.63) is 70.3 Å². The van der Waals surface area contributed by atoms with E-state index in [0.717, 1.165) is 44.5 Å². The van der Waals surface area contributed by atoms with Crippen molar-refractivity contribution in [3.63, 3.8) is 0 Å². The van der Waals surface area contributed by atoms with Gasteiger partial charge in [0.15, 0.2) is 0 Å². The molecule has 130 valence electrons. The summed E-state index contributed by atoms with van der Waals surface area (Å²) in [7, 11) is 0. The molecule has 2 N–H and O–H groups in total. The third-order valence-electron chi connectivity index (χ3n) is 5.78. The molecule has 4 nitrogen and oxygen atoms in total. The first kappa shape index (κ1) is 16.3. The molecule has 1 unspecified atom stereocenters. The van der Waals surface area contributed by atoms with Crippen LogP contribution in [0.15, 0.2) is 42.5 Å². The number of hydrogen-bond donors (Lipinski definition) is 2. The monoisotopic (exact) mass is 336 g/mol. The fraction of sp³-hybridized carbons (Fsp3) is 0.381. The van der Waals surface area contributed by atoms with Crippen LogP contribution in [0, 0.1) is 12.3 Å². The first-order chi connectivity index (χ1) is 12.1. The maximum absolute atomic E-state index is 11.9. The van der Waals surface area contributed by atoms with Gasteiger partial charge in [-0.15, -0.1) is 0 Å². The van der Waals surface area contributed by atoms with Crippen LogP contribution in [0.5, 0.6) is 0 Å². The molecular weight excluding hydrogens is 312 g/mol. The molecular formula is C21H24N2O2. The molecule has 2 aromatic carbocycles. The van der Waals surface area contributed by atoms with Crippen molar-refractivity contribution in [2.45, 2.75) is 32.7 Å². The zero-order valence-corrected chi connectivity index (χ0v) is 14.6. The van der Waals surface area contributed by atoms with Gasteiger partial charge in [-0.3, -0.25) is 14.9 Å². The Hall–Kier alpha value is -2.17. The number of nitrogens with zero attached hydrogens (tertiary/aromatic N) is 1. The number of rotatable bonds is 3. The molecule has 0 bridgehead atoms. The molecule has 0 saturated carbocycles. The average molecular weight is 336 g/mol. The number of hydroxylamine groups is 1. The van der Waals surface area contributed by atoms with Crippen LogP contribution in [-0.4, -0.2) is 29.1 Å². The summed E-state index contributed by atoms with van der Waals surface area (Å²) in [6, 6.07) is 14.6. The Labute approximate surface area is 148 Å². The molecule has 0 radical (unpaired) electrons. The van der Waals surface area contributed by atoms with Gasteiger partial charge in [0.2, 0.25) is 0 Å². The highest BCUT2D eigenvalue weighted by Gasteiger charge is 2.43. The number of likely N-dealkylation sites (tertiary alicyclic amines) is 1. The van der Waals surface area contributed by atoms with Gasteiger partial charge in [-0.2, -0.15) is 0 Å². The minimum Gasteiger partial charge on any atom is -0.298 e. The number of fused-ring (bicyclic) bond motifs is 1. The zero-order valence-electron chi connectivity index (χ0n) is 14.6. The Morgan fingerprint density at radius 3 is 2.76 bits per heavy atom. The van der Waals surface area contributed by atoms with Crippen molar-refractivity contribution >= 4 is 5.91 Å². The molecule has 4 heteroatoms. The largest absolute Gasteiger partial charge is 0.298 e. The predicted molar refractivity (Wildman–Crippen MR) is 96.6 cm³/mol. The highest BCUT2D eigenvalue weighted by Crippen LogP contribution is 2.45. The van der Waals surface area contributed by atoms with Crippen LogP contribution in [-0.2, 0) is 19.4 Å². The van der Waals surface area contributed by atoms with E-state index >= 15 is 0 Å². The molecule has 1 aliphatic heterocycles. The Balaban J connectivity index is 1.49. The summed E-state index contributed by atoms with van der Waals surface area (Å²) in [5.41, 5.74) is 7.67. The lowest BCUT2D eigenvalue weighted by Crippen LogP contribution is -2.28. The number of carbonyl (C=O) groups excluding carboxylic acids is 1. The van der Waals surface area contributed by atoms with Crippen molar-refractivity contribution in [3.8, 4) is 0 Å². The molecule has 4 rings (SSSR count). The third kappa shape index (κ3) is 3.08. The Kier molecular flexibility index (Phi) is 4.10. The third-order valence-corrected chi connectivity index (χ3v) is 5.78. The predicted octanol–water partition coefficient (Wildman–Crippen LogP) is 3.10. The molecule has 1 fully saturated rings. The van der Waals surface area contributed by atoms with E-state index in [-0.39, 0.29) is 5.41 Å². The van der Waals surface area contributed by atoms with Crippen LogP contribution in [0.2, 0.25) is 0 Å². The maximum Gasteiger partial charge on any atom is 0.274 e. The Bertz CT molecular complexity index is 800. The van der Waals surface area contributed by atoms with E-state index in [1.165, 1.54) is 16.7 Å². The number of nitrogens with one attached hydrogen (secondary N) is 1. The maximum atomic E-state index is 11.9. The second-order valence-electron chi connectivity index (χ2n) is 7.68. The van der Waals surface area contributed by atoms with E-state index in [4.69, 9.17) is 5.21 Å². The lowest BCUT2D eigenvalue weighted by Gasteiger charge is -2.24. The van der Waals surface area contributed by atoms with Crippen molar-refractivity contribution in [1.82, 2.24) is 10.4 Å². The smallest absolute Gasteiger partial charge is 0.274 e. The minimum absolute atomic E-state index is 0.235. The minimum atomic E-state index is -0.400. The molecule has 2 aromatic rings. The SMILES string of the molecule is Cc1ccc(CN2CCC3(Cc4cccc(C(=O)NO)c4C3)C2)cc1. The van der Waals surface area contributed by atoms with E-state index < -0.39 is 5.91 Å². The highest BCUT2D eigenvalue weighted by atomic mass is 16.5. The molecule has 1 spiro atoms. The van der Waals surface area contributed by atoms with E-state index in [1.54, 1.807) is 5.48 Å². The van der Waals surface area contributed by atoms with E-state index in [0.29, 0.717) is 5.56 Å². The average Bonchev–Trinajstić information content (AvgIpc) is 3.18. The fourth-order valence-corrected chi connectivity index (χ4v) is 4.53. The van der Waals surface area contributed by atoms with E-state index in [2.05, 4.69) is 42.2 Å². The molecule has 1 saturated heterocycles. The Morgan fingerprint density at radius 1 is 1.20 bits per heavy atom. The molecule has 1 amide bonds. The van der Waals surface area contributed by atoms with Gasteiger partial charge in [0.25, 0.3) is 5.91 Å². The number of carbonyl (C=O) groups is 1. The topological polar surface area (TPSA) is 52.6 Å². The van der Waals surface area contributed by atoms with Crippen molar-refractivity contribution < 1.29 is 10.0 Å². The number of aryl methyl sites for hydroxylation is 1. The summed E-state index contributed by atoms with van der Waals surface area (Å²) >= 11 is 0. The quantitative estimate of drug-likeness (QED) is 0.669. The van der Waals surface area contributed by atoms with Crippen LogP contribution in [0.4, 0.5) is 0 Å². The summed E-state index contributed by atoms with van der Waals surface area (Å²) in [5.74, 6) is -0.400. The van der Waals surface area contributed by atoms with E-state index in [9.17, 15) is 4.79 Å². The molecule has 2 aliphatic rings. The molecule has 1 heterocycles. The van der Waals surface area contributed by atoms with Crippen molar-refractivity contribution in [1.29, 1.82) is 0 Å². The van der Waals surface area contributed by atoms with Crippen molar-refractivity contribution in [2.24, 2.45) is 5.41 Å². The van der Waals surface area contributed by atoms with Gasteiger partial charge in [-0.05, 0) is 60.9 Å². The van der Waals surface area contributed by atoms with Gasteiger partial charge in [0.05, 0.1) is 0 Å². The lowest BCUT2D eigenvalue weighted by atomic mass is 9.84. The number of benzene rings is 2. The lowest BCUT2D eigenvalue weighted by molar-refractivity contribution is 0.0705. The van der Waals surface area contributed by atoms with E-state index in [1.807, 2.05) is 12.1 Å². The molecule has 0 aromatic heterocycles. The van der Waals surface area contributed by atoms with Crippen LogP contribution in [0.3, 0.4) is 0 Å². The highest BCUT2D eigenvalue weighted by molar-refractivity contribution is 5.95. The normalized spacial score (nSPS) is 22.3. The summed E-state index contributed by atoms with van der Waals surface area (Å²) in [5, 5.41) is 8.99. The molecule has 25 heavy (non-hydrogen) atoms. The first-order valence-corrected chi connectivity index (χ1v) is 8.92. The van der Waals surface area contributed by atoms with Gasteiger partial charge in [0.1, 0.15) is 0 Å². The summed E-state index contributed by atoms with van der Waals surface area (Å²) < 4.78 is 0. The van der Waals surface area contributed by atoms with Gasteiger partial charge >= 0.3 is 0 Å². The van der Waals surface area contributed by atoms with Gasteiger partial charge in [-0.25, -0.2) is 5.48 Å². The summed E-state index contributed by atoms with van der Waals surface area (Å²) in [4.78, 5) is 14.5. The van der Waals surface area contributed by atoms with Gasteiger partial charge in [0, 0.05) is 18.7 Å². The second-order valence-corrected chi connectivity index (χ2v) is 7.68. The van der Waals surface area contributed by atoms with Crippen LogP contribution < -0.4 is 5.48 Å².